The number of allylic oxidation sites excluding steroid dienone is 1. The minimum Gasteiger partial charge on any atom is -0.467 e. The molecule has 154 valence electrons. The molecule has 2 amide bonds. The molecule has 1 atom stereocenters. The van der Waals surface area contributed by atoms with Gasteiger partial charge in [-0.2, -0.15) is 0 Å². The zero-order valence-electron chi connectivity index (χ0n) is 17.8. The van der Waals surface area contributed by atoms with Gasteiger partial charge >= 0.3 is 5.97 Å². The Hall–Kier alpha value is -2.54. The van der Waals surface area contributed by atoms with Crippen LogP contribution in [0.2, 0.25) is 0 Å². The highest BCUT2D eigenvalue weighted by atomic mass is 32.2. The highest BCUT2D eigenvalue weighted by molar-refractivity contribution is 8.18. The van der Waals surface area contributed by atoms with Crippen molar-refractivity contribution >= 4 is 46.2 Å². The maximum Gasteiger partial charge on any atom is 0.328 e. The highest BCUT2D eigenvalue weighted by Crippen LogP contribution is 2.41. The number of hydrogen-bond acceptors (Lipinski definition) is 6. The summed E-state index contributed by atoms with van der Waals surface area (Å²) in [5.41, 5.74) is 5.21. The molecule has 1 unspecified atom stereocenters. The molecule has 0 spiro atoms. The standard InChI is InChI=1S/C22H26N2O4S/c1-12-8-17-16(13(2)11-22(4,5)23(17)6)9-15(12)10-18-19(25)24(21(27)29-18)14(3)20(26)28-7/h8-11,14H,1-7H3/b18-10+. The fourth-order valence-electron chi connectivity index (χ4n) is 3.70. The SMILES string of the molecule is COC(=O)C(C)N1C(=O)S/C(=C/c2cc3c(cc2C)N(C)C(C)(C)C=C3C)C1=O. The van der Waals surface area contributed by atoms with Crippen LogP contribution in [0.5, 0.6) is 0 Å². The predicted molar refractivity (Wildman–Crippen MR) is 117 cm³/mol. The van der Waals surface area contributed by atoms with E-state index in [1.165, 1.54) is 19.6 Å². The molecule has 2 heterocycles. The molecule has 0 aromatic heterocycles. The largest absolute Gasteiger partial charge is 0.467 e. The number of thioether (sulfide) groups is 1. The Morgan fingerprint density at radius 2 is 1.90 bits per heavy atom. The fraction of sp³-hybridized carbons (Fsp3) is 0.409. The number of imide groups is 1. The van der Waals surface area contributed by atoms with Gasteiger partial charge in [-0.1, -0.05) is 6.08 Å². The molecule has 1 saturated heterocycles. The van der Waals surface area contributed by atoms with E-state index in [4.69, 9.17) is 0 Å². The number of rotatable bonds is 3. The number of ether oxygens (including phenoxy) is 1. The molecule has 2 aliphatic heterocycles. The average molecular weight is 415 g/mol. The third kappa shape index (κ3) is 3.59. The van der Waals surface area contributed by atoms with Crippen LogP contribution in [-0.2, 0) is 14.3 Å². The van der Waals surface area contributed by atoms with Crippen LogP contribution in [-0.4, -0.2) is 47.8 Å². The lowest BCUT2D eigenvalue weighted by atomic mass is 9.87. The van der Waals surface area contributed by atoms with Crippen LogP contribution in [0, 0.1) is 6.92 Å². The first-order valence-corrected chi connectivity index (χ1v) is 10.2. The number of anilines is 1. The normalized spacial score (nSPS) is 20.7. The molecule has 1 aromatic carbocycles. The Bertz CT molecular complexity index is 977. The second kappa shape index (κ2) is 7.37. The molecule has 3 rings (SSSR count). The summed E-state index contributed by atoms with van der Waals surface area (Å²) in [6.45, 7) is 9.89. The highest BCUT2D eigenvalue weighted by Gasteiger charge is 2.41. The van der Waals surface area contributed by atoms with Crippen molar-refractivity contribution in [3.63, 3.8) is 0 Å². The van der Waals surface area contributed by atoms with E-state index >= 15 is 0 Å². The minimum absolute atomic E-state index is 0.0856. The molecule has 7 heteroatoms. The van der Waals surface area contributed by atoms with Gasteiger partial charge < -0.3 is 9.64 Å². The summed E-state index contributed by atoms with van der Waals surface area (Å²) < 4.78 is 4.67. The number of esters is 1. The summed E-state index contributed by atoms with van der Waals surface area (Å²) in [5, 5.41) is -0.465. The van der Waals surface area contributed by atoms with Crippen molar-refractivity contribution < 1.29 is 19.1 Å². The minimum atomic E-state index is -0.955. The van der Waals surface area contributed by atoms with E-state index in [0.29, 0.717) is 4.91 Å². The van der Waals surface area contributed by atoms with Crippen molar-refractivity contribution in [3.05, 3.63) is 39.8 Å². The number of carbonyl (C=O) groups excluding carboxylic acids is 3. The summed E-state index contributed by atoms with van der Waals surface area (Å²) in [6, 6.07) is 3.21. The van der Waals surface area contributed by atoms with Gasteiger partial charge in [0, 0.05) is 18.3 Å². The number of hydrogen-bond donors (Lipinski definition) is 0. The Morgan fingerprint density at radius 1 is 1.24 bits per heavy atom. The van der Waals surface area contributed by atoms with Crippen molar-refractivity contribution in [1.29, 1.82) is 0 Å². The number of carbonyl (C=O) groups is 3. The van der Waals surface area contributed by atoms with Gasteiger partial charge in [-0.25, -0.2) is 4.79 Å². The second-order valence-corrected chi connectivity index (χ2v) is 9.01. The van der Waals surface area contributed by atoms with E-state index in [1.807, 2.05) is 6.92 Å². The zero-order chi connectivity index (χ0) is 21.7. The second-order valence-electron chi connectivity index (χ2n) is 8.02. The number of fused-ring (bicyclic) bond motifs is 1. The summed E-state index contributed by atoms with van der Waals surface area (Å²) in [4.78, 5) is 40.4. The summed E-state index contributed by atoms with van der Waals surface area (Å²) >= 11 is 0.846. The predicted octanol–water partition coefficient (Wildman–Crippen LogP) is 4.22. The van der Waals surface area contributed by atoms with Gasteiger partial charge in [-0.3, -0.25) is 14.5 Å². The Kier molecular flexibility index (Phi) is 5.38. The first-order valence-electron chi connectivity index (χ1n) is 9.41. The van der Waals surface area contributed by atoms with E-state index in [2.05, 4.69) is 55.7 Å². The molecule has 1 fully saturated rings. The molecule has 29 heavy (non-hydrogen) atoms. The van der Waals surface area contributed by atoms with Gasteiger partial charge in [0.05, 0.1) is 17.6 Å². The van der Waals surface area contributed by atoms with Crippen molar-refractivity contribution in [2.75, 3.05) is 19.1 Å². The van der Waals surface area contributed by atoms with Crippen LogP contribution in [0.15, 0.2) is 23.1 Å². The summed E-state index contributed by atoms with van der Waals surface area (Å²) in [5.74, 6) is -1.09. The van der Waals surface area contributed by atoms with Gasteiger partial charge in [0.2, 0.25) is 0 Å². The maximum atomic E-state index is 12.8. The van der Waals surface area contributed by atoms with Crippen LogP contribution in [0.4, 0.5) is 10.5 Å². The average Bonchev–Trinajstić information content (AvgIpc) is 2.92. The number of benzene rings is 1. The van der Waals surface area contributed by atoms with Crippen molar-refractivity contribution in [3.8, 4) is 0 Å². The molecule has 0 bridgehead atoms. The van der Waals surface area contributed by atoms with Crippen LogP contribution >= 0.6 is 11.8 Å². The molecule has 1 aromatic rings. The van der Waals surface area contributed by atoms with Gasteiger partial charge in [0.1, 0.15) is 6.04 Å². The van der Waals surface area contributed by atoms with Crippen molar-refractivity contribution in [2.24, 2.45) is 0 Å². The lowest BCUT2D eigenvalue weighted by Crippen LogP contribution is -2.42. The number of likely N-dealkylation sites (N-methyl/N-ethyl adjacent to an activating group) is 1. The smallest absolute Gasteiger partial charge is 0.328 e. The first kappa shape index (κ1) is 21.2. The quantitative estimate of drug-likeness (QED) is 0.545. The van der Waals surface area contributed by atoms with E-state index in [0.717, 1.165) is 39.0 Å². The Morgan fingerprint density at radius 3 is 2.52 bits per heavy atom. The third-order valence-corrected chi connectivity index (χ3v) is 6.53. The van der Waals surface area contributed by atoms with E-state index in [9.17, 15) is 14.4 Å². The summed E-state index contributed by atoms with van der Waals surface area (Å²) in [7, 11) is 3.30. The van der Waals surface area contributed by atoms with Gasteiger partial charge in [0.15, 0.2) is 0 Å². The number of aryl methyl sites for hydroxylation is 1. The lowest BCUT2D eigenvalue weighted by Gasteiger charge is -2.41. The summed E-state index contributed by atoms with van der Waals surface area (Å²) in [6.07, 6.45) is 3.96. The van der Waals surface area contributed by atoms with Gasteiger partial charge in [0.25, 0.3) is 11.1 Å². The van der Waals surface area contributed by atoms with Crippen molar-refractivity contribution in [2.45, 2.75) is 46.2 Å². The topological polar surface area (TPSA) is 66.9 Å². The first-order chi connectivity index (χ1) is 13.5. The molecule has 0 radical (unpaired) electrons. The third-order valence-electron chi connectivity index (χ3n) is 5.64. The fourth-order valence-corrected chi connectivity index (χ4v) is 4.60. The van der Waals surface area contributed by atoms with Crippen LogP contribution in [0.1, 0.15) is 44.4 Å². The van der Waals surface area contributed by atoms with Crippen LogP contribution in [0.25, 0.3) is 11.6 Å². The molecule has 2 aliphatic rings. The van der Waals surface area contributed by atoms with Gasteiger partial charge in [-0.05, 0) is 81.3 Å². The van der Waals surface area contributed by atoms with Crippen LogP contribution in [0.3, 0.4) is 0 Å². The molecule has 0 aliphatic carbocycles. The Labute approximate surface area is 175 Å². The molecule has 6 nitrogen and oxygen atoms in total. The number of methoxy groups -OCH3 is 1. The molecule has 0 saturated carbocycles. The Balaban J connectivity index is 2.00. The maximum absolute atomic E-state index is 12.8. The van der Waals surface area contributed by atoms with E-state index < -0.39 is 23.2 Å². The lowest BCUT2D eigenvalue weighted by molar-refractivity contribution is -0.148. The molecular weight excluding hydrogens is 388 g/mol. The number of nitrogens with zero attached hydrogens (tertiary/aromatic N) is 2. The van der Waals surface area contributed by atoms with E-state index in [-0.39, 0.29) is 5.54 Å². The number of amides is 2. The van der Waals surface area contributed by atoms with Crippen molar-refractivity contribution in [1.82, 2.24) is 4.90 Å². The van der Waals surface area contributed by atoms with Crippen LogP contribution < -0.4 is 4.90 Å². The molecular formula is C22H26N2O4S. The monoisotopic (exact) mass is 414 g/mol. The van der Waals surface area contributed by atoms with E-state index in [1.54, 1.807) is 6.08 Å². The molecule has 0 N–H and O–H groups in total. The van der Waals surface area contributed by atoms with Gasteiger partial charge in [-0.15, -0.1) is 0 Å². The zero-order valence-corrected chi connectivity index (χ0v) is 18.6.